The van der Waals surface area contributed by atoms with Crippen molar-refractivity contribution in [1.82, 2.24) is 9.97 Å². The Bertz CT molecular complexity index is 599. The lowest BCUT2D eigenvalue weighted by Gasteiger charge is -2.08. The maximum Gasteiger partial charge on any atom is 0.415 e. The number of halogens is 5. The summed E-state index contributed by atoms with van der Waals surface area (Å²) in [5.41, 5.74) is -1.06. The fourth-order valence-corrected chi connectivity index (χ4v) is 1.55. The fraction of sp³-hybridized carbons (Fsp3) is 0.231. The Kier molecular flexibility index (Phi) is 6.54. The molecule has 0 atom stereocenters. The van der Waals surface area contributed by atoms with Gasteiger partial charge in [0.15, 0.2) is 0 Å². The summed E-state index contributed by atoms with van der Waals surface area (Å²) in [7, 11) is 1.40. The third-order valence-electron chi connectivity index (χ3n) is 2.28. The number of rotatable bonds is 6. The van der Waals surface area contributed by atoms with E-state index in [0.717, 1.165) is 18.2 Å². The van der Waals surface area contributed by atoms with Gasteiger partial charge in [-0.1, -0.05) is 18.7 Å². The standard InChI is InChI=1S/C13H12BrF4N3O/c1-8(13(16,17)18)4-3-5-9(6-15)20-12-19-7-10(14)11(21-12)22-2/h3-5,7H,1,6H2,2H3,(H,19,20,21)/b4-3-,9-5+. The van der Waals surface area contributed by atoms with Gasteiger partial charge in [-0.05, 0) is 22.0 Å². The molecule has 120 valence electrons. The van der Waals surface area contributed by atoms with E-state index in [1.165, 1.54) is 13.3 Å². The highest BCUT2D eigenvalue weighted by atomic mass is 79.9. The Hall–Kier alpha value is -1.90. The Morgan fingerprint density at radius 3 is 2.73 bits per heavy atom. The predicted octanol–water partition coefficient (Wildman–Crippen LogP) is 4.19. The lowest BCUT2D eigenvalue weighted by molar-refractivity contribution is -0.0878. The third kappa shape index (κ3) is 5.47. The molecule has 1 N–H and O–H groups in total. The molecule has 1 rings (SSSR count). The number of anilines is 1. The summed E-state index contributed by atoms with van der Waals surface area (Å²) in [4.78, 5) is 7.82. The normalized spacial score (nSPS) is 12.5. The molecular weight excluding hydrogens is 370 g/mol. The first-order chi connectivity index (χ1) is 10.3. The Morgan fingerprint density at radius 2 is 2.18 bits per heavy atom. The first kappa shape index (κ1) is 18.1. The molecule has 0 saturated heterocycles. The molecule has 22 heavy (non-hydrogen) atoms. The summed E-state index contributed by atoms with van der Waals surface area (Å²) in [6.45, 7) is 1.92. The Balaban J connectivity index is 2.83. The van der Waals surface area contributed by atoms with Crippen LogP contribution in [-0.4, -0.2) is 29.9 Å². The van der Waals surface area contributed by atoms with Gasteiger partial charge in [0.2, 0.25) is 11.8 Å². The highest BCUT2D eigenvalue weighted by Gasteiger charge is 2.29. The van der Waals surface area contributed by atoms with E-state index in [-0.39, 0.29) is 17.5 Å². The van der Waals surface area contributed by atoms with Gasteiger partial charge in [0.1, 0.15) is 6.67 Å². The van der Waals surface area contributed by atoms with Crippen molar-refractivity contribution in [2.45, 2.75) is 6.18 Å². The molecule has 0 saturated carbocycles. The van der Waals surface area contributed by atoms with Gasteiger partial charge in [-0.2, -0.15) is 18.2 Å². The molecule has 0 aliphatic carbocycles. The van der Waals surface area contributed by atoms with Crippen molar-refractivity contribution in [2.75, 3.05) is 19.1 Å². The molecule has 0 aromatic carbocycles. The average Bonchev–Trinajstić information content (AvgIpc) is 2.46. The predicted molar refractivity (Wildman–Crippen MR) is 78.3 cm³/mol. The van der Waals surface area contributed by atoms with Crippen molar-refractivity contribution in [3.8, 4) is 5.88 Å². The lowest BCUT2D eigenvalue weighted by Crippen LogP contribution is -2.08. The van der Waals surface area contributed by atoms with Gasteiger partial charge in [-0.15, -0.1) is 0 Å². The molecule has 0 amide bonds. The number of hydrogen-bond donors (Lipinski definition) is 1. The van der Waals surface area contributed by atoms with E-state index in [1.807, 2.05) is 0 Å². The van der Waals surface area contributed by atoms with Gasteiger partial charge >= 0.3 is 6.18 Å². The Morgan fingerprint density at radius 1 is 1.50 bits per heavy atom. The van der Waals surface area contributed by atoms with Crippen LogP contribution in [0, 0.1) is 0 Å². The highest BCUT2D eigenvalue weighted by molar-refractivity contribution is 9.10. The van der Waals surface area contributed by atoms with E-state index in [2.05, 4.69) is 37.8 Å². The first-order valence-corrected chi connectivity index (χ1v) is 6.60. The quantitative estimate of drug-likeness (QED) is 0.592. The first-order valence-electron chi connectivity index (χ1n) is 5.80. The van der Waals surface area contributed by atoms with E-state index < -0.39 is 18.4 Å². The number of nitrogens with one attached hydrogen (secondary N) is 1. The molecule has 0 aliphatic rings. The van der Waals surface area contributed by atoms with E-state index in [1.54, 1.807) is 0 Å². The second-order valence-corrected chi connectivity index (χ2v) is 4.74. The molecule has 4 nitrogen and oxygen atoms in total. The van der Waals surface area contributed by atoms with Crippen LogP contribution in [0.4, 0.5) is 23.5 Å². The van der Waals surface area contributed by atoms with Crippen LogP contribution >= 0.6 is 15.9 Å². The Labute approximate surface area is 132 Å². The maximum atomic E-state index is 12.9. The molecule has 0 aliphatic heterocycles. The van der Waals surface area contributed by atoms with E-state index in [4.69, 9.17) is 4.74 Å². The van der Waals surface area contributed by atoms with Crippen LogP contribution in [0.2, 0.25) is 0 Å². The number of allylic oxidation sites excluding steroid dienone is 5. The monoisotopic (exact) mass is 381 g/mol. The molecule has 1 aromatic heterocycles. The fourth-order valence-electron chi connectivity index (χ4n) is 1.19. The van der Waals surface area contributed by atoms with Crippen molar-refractivity contribution >= 4 is 21.9 Å². The van der Waals surface area contributed by atoms with Gasteiger partial charge in [-0.25, -0.2) is 9.37 Å². The van der Waals surface area contributed by atoms with E-state index >= 15 is 0 Å². The average molecular weight is 382 g/mol. The van der Waals surface area contributed by atoms with E-state index in [0.29, 0.717) is 4.47 Å². The SMILES string of the molecule is C=C(/C=C\C=C(/CF)Nc1ncc(Br)c(OC)n1)C(F)(F)F. The number of ether oxygens (including phenoxy) is 1. The van der Waals surface area contributed by atoms with Crippen molar-refractivity contribution in [3.63, 3.8) is 0 Å². The van der Waals surface area contributed by atoms with Crippen LogP contribution < -0.4 is 10.1 Å². The van der Waals surface area contributed by atoms with Crippen molar-refractivity contribution in [1.29, 1.82) is 0 Å². The van der Waals surface area contributed by atoms with Crippen LogP contribution in [0.25, 0.3) is 0 Å². The van der Waals surface area contributed by atoms with Crippen molar-refractivity contribution in [2.24, 2.45) is 0 Å². The van der Waals surface area contributed by atoms with Crippen LogP contribution in [-0.2, 0) is 0 Å². The molecule has 1 aromatic rings. The zero-order valence-electron chi connectivity index (χ0n) is 11.4. The second kappa shape index (κ2) is 7.92. The summed E-state index contributed by atoms with van der Waals surface area (Å²) in [6, 6.07) is 0. The van der Waals surface area contributed by atoms with Gasteiger partial charge in [-0.3, -0.25) is 0 Å². The maximum absolute atomic E-state index is 12.9. The summed E-state index contributed by atoms with van der Waals surface area (Å²) < 4.78 is 55.0. The minimum atomic E-state index is -4.52. The molecule has 0 spiro atoms. The largest absolute Gasteiger partial charge is 0.480 e. The van der Waals surface area contributed by atoms with Crippen molar-refractivity contribution in [3.05, 3.63) is 46.7 Å². The highest BCUT2D eigenvalue weighted by Crippen LogP contribution is 2.25. The van der Waals surface area contributed by atoms with Crippen LogP contribution in [0.3, 0.4) is 0 Å². The molecule has 1 heterocycles. The van der Waals surface area contributed by atoms with E-state index in [9.17, 15) is 17.6 Å². The van der Waals surface area contributed by atoms with Gasteiger partial charge in [0.05, 0.1) is 17.8 Å². The van der Waals surface area contributed by atoms with Crippen LogP contribution in [0.5, 0.6) is 5.88 Å². The number of nitrogens with zero attached hydrogens (tertiary/aromatic N) is 2. The molecule has 0 unspecified atom stereocenters. The molecule has 0 fully saturated rings. The summed E-state index contributed by atoms with van der Waals surface area (Å²) in [5.74, 6) is 0.281. The number of alkyl halides is 4. The van der Waals surface area contributed by atoms with Crippen LogP contribution in [0.1, 0.15) is 0 Å². The topological polar surface area (TPSA) is 47.0 Å². The molecular formula is C13H12BrF4N3O. The van der Waals surface area contributed by atoms with Gasteiger partial charge in [0.25, 0.3) is 0 Å². The minimum Gasteiger partial charge on any atom is -0.480 e. The zero-order valence-corrected chi connectivity index (χ0v) is 13.0. The van der Waals surface area contributed by atoms with Crippen molar-refractivity contribution < 1.29 is 22.3 Å². The smallest absolute Gasteiger partial charge is 0.415 e. The molecule has 9 heteroatoms. The minimum absolute atomic E-state index is 0.0180. The number of hydrogen-bond acceptors (Lipinski definition) is 4. The molecule has 0 radical (unpaired) electrons. The molecule has 0 bridgehead atoms. The second-order valence-electron chi connectivity index (χ2n) is 3.88. The zero-order chi connectivity index (χ0) is 16.8. The summed E-state index contributed by atoms with van der Waals surface area (Å²) in [6.07, 6.45) is -0.218. The summed E-state index contributed by atoms with van der Waals surface area (Å²) >= 11 is 3.16. The number of aromatic nitrogens is 2. The van der Waals surface area contributed by atoms with Crippen LogP contribution in [0.15, 0.2) is 46.7 Å². The van der Waals surface area contributed by atoms with Gasteiger partial charge in [0, 0.05) is 11.3 Å². The lowest BCUT2D eigenvalue weighted by atomic mass is 10.2. The summed E-state index contributed by atoms with van der Waals surface area (Å²) in [5, 5.41) is 2.54. The third-order valence-corrected chi connectivity index (χ3v) is 2.82. The van der Waals surface area contributed by atoms with Gasteiger partial charge < -0.3 is 10.1 Å². The number of methoxy groups -OCH3 is 1.